The number of nitrogens with two attached hydrogens (primary N) is 1. The molecule has 156 valence electrons. The van der Waals surface area contributed by atoms with Gasteiger partial charge >= 0.3 is 5.97 Å². The number of nitrogens with zero attached hydrogens (tertiary/aromatic N) is 2. The van der Waals surface area contributed by atoms with Crippen molar-refractivity contribution in [2.75, 3.05) is 5.01 Å². The summed E-state index contributed by atoms with van der Waals surface area (Å²) in [4.78, 5) is 10.8. The minimum Gasteiger partial charge on any atom is -0.477 e. The maximum atomic E-state index is 10.8. The average Bonchev–Trinajstić information content (AvgIpc) is 2.79. The highest BCUT2D eigenvalue weighted by Gasteiger charge is 2.04. The Labute approximate surface area is 183 Å². The molecule has 0 heterocycles. The molecule has 2 aromatic rings. The fraction of sp³-hybridized carbons (Fsp3) is 0.0769. The van der Waals surface area contributed by atoms with Gasteiger partial charge in [0.1, 0.15) is 11.6 Å². The summed E-state index contributed by atoms with van der Waals surface area (Å²) >= 11 is 0. The van der Waals surface area contributed by atoms with Gasteiger partial charge in [-0.25, -0.2) is 10.6 Å². The number of aliphatic carboxylic acids is 1. The van der Waals surface area contributed by atoms with Crippen molar-refractivity contribution < 1.29 is 9.90 Å². The highest BCUT2D eigenvalue weighted by atomic mass is 16.4. The highest BCUT2D eigenvalue weighted by molar-refractivity contribution is 5.91. The number of hydrazine groups is 1. The summed E-state index contributed by atoms with van der Waals surface area (Å²) < 4.78 is 0. The van der Waals surface area contributed by atoms with Crippen LogP contribution in [0.1, 0.15) is 19.4 Å². The molecule has 0 saturated carbocycles. The number of nitriles is 1. The molecule has 5 heteroatoms. The van der Waals surface area contributed by atoms with Crippen LogP contribution in [0.25, 0.3) is 6.08 Å². The molecule has 0 aliphatic carbocycles. The lowest BCUT2D eigenvalue weighted by Crippen LogP contribution is -2.24. The van der Waals surface area contributed by atoms with Gasteiger partial charge in [-0.2, -0.15) is 5.26 Å². The number of allylic oxidation sites excluding steroid dienone is 8. The molecule has 31 heavy (non-hydrogen) atoms. The molecule has 2 aromatic carbocycles. The van der Waals surface area contributed by atoms with Crippen molar-refractivity contribution in [3.8, 4) is 6.07 Å². The number of benzene rings is 2. The minimum atomic E-state index is -1.23. The van der Waals surface area contributed by atoms with E-state index in [2.05, 4.69) is 0 Å². The van der Waals surface area contributed by atoms with Crippen molar-refractivity contribution in [2.24, 2.45) is 5.84 Å². The molecule has 2 rings (SSSR count). The molecule has 0 fully saturated rings. The van der Waals surface area contributed by atoms with Crippen LogP contribution in [-0.4, -0.2) is 11.1 Å². The van der Waals surface area contributed by atoms with Crippen LogP contribution in [0.15, 0.2) is 108 Å². The van der Waals surface area contributed by atoms with E-state index in [1.165, 1.54) is 6.08 Å². The smallest absolute Gasteiger partial charge is 0.346 e. The molecule has 0 spiro atoms. The van der Waals surface area contributed by atoms with Crippen molar-refractivity contribution >= 4 is 23.4 Å². The lowest BCUT2D eigenvalue weighted by molar-refractivity contribution is -0.132. The molecular formula is C26H25N3O2. The molecule has 0 aromatic heterocycles. The normalized spacial score (nSPS) is 12.9. The molecule has 3 N–H and O–H groups in total. The number of carboxylic acids is 1. The second-order valence-electron chi connectivity index (χ2n) is 6.81. The quantitative estimate of drug-likeness (QED) is 0.191. The molecule has 0 aliphatic rings. The standard InChI is InChI=1S/C26H25N3O2/c1-20(8-6-7-9-21(2)18-23(19-27)26(30)31)12-13-22-14-16-25(17-15-22)29(28)24-10-4-3-5-11-24/h3-18H,28H2,1-2H3,(H,30,31)/b7-6+,13-12+,20-8+,21-9+,23-18+. The second kappa shape index (κ2) is 11.8. The number of anilines is 2. The van der Waals surface area contributed by atoms with Gasteiger partial charge in [-0.1, -0.05) is 72.4 Å². The molecule has 0 atom stereocenters. The number of hydrogen-bond donors (Lipinski definition) is 2. The molecule has 0 saturated heterocycles. The Morgan fingerprint density at radius 1 is 0.968 bits per heavy atom. The van der Waals surface area contributed by atoms with Gasteiger partial charge in [0.15, 0.2) is 0 Å². The number of hydrogen-bond acceptors (Lipinski definition) is 4. The Kier molecular flexibility index (Phi) is 8.78. The van der Waals surface area contributed by atoms with E-state index in [0.29, 0.717) is 5.57 Å². The Morgan fingerprint density at radius 2 is 1.55 bits per heavy atom. The van der Waals surface area contributed by atoms with Crippen LogP contribution in [0.2, 0.25) is 0 Å². The summed E-state index contributed by atoms with van der Waals surface area (Å²) in [7, 11) is 0. The van der Waals surface area contributed by atoms with E-state index in [9.17, 15) is 4.79 Å². The van der Waals surface area contributed by atoms with Crippen molar-refractivity contribution in [3.63, 3.8) is 0 Å². The van der Waals surface area contributed by atoms with Crippen LogP contribution >= 0.6 is 0 Å². The fourth-order valence-electron chi connectivity index (χ4n) is 2.60. The lowest BCUT2D eigenvalue weighted by atomic mass is 10.1. The summed E-state index contributed by atoms with van der Waals surface area (Å²) in [6.07, 6.45) is 12.7. The molecule has 5 nitrogen and oxygen atoms in total. The van der Waals surface area contributed by atoms with Gasteiger partial charge in [-0.15, -0.1) is 0 Å². The van der Waals surface area contributed by atoms with Gasteiger partial charge in [0.25, 0.3) is 0 Å². The van der Waals surface area contributed by atoms with Crippen molar-refractivity contribution in [2.45, 2.75) is 13.8 Å². The largest absolute Gasteiger partial charge is 0.477 e. The van der Waals surface area contributed by atoms with Gasteiger partial charge in [-0.05, 0) is 55.3 Å². The SMILES string of the molecule is CC(/C=C/c1ccc(N(N)c2ccccc2)cc1)=C\C=C\C=C(C)\C=C(/C#N)C(=O)O. The minimum absolute atomic E-state index is 0.288. The predicted molar refractivity (Wildman–Crippen MR) is 126 cm³/mol. The van der Waals surface area contributed by atoms with Crippen LogP contribution in [0, 0.1) is 11.3 Å². The lowest BCUT2D eigenvalue weighted by Gasteiger charge is -2.18. The highest BCUT2D eigenvalue weighted by Crippen LogP contribution is 2.22. The van der Waals surface area contributed by atoms with E-state index in [1.54, 1.807) is 30.2 Å². The monoisotopic (exact) mass is 411 g/mol. The van der Waals surface area contributed by atoms with E-state index in [0.717, 1.165) is 22.5 Å². The van der Waals surface area contributed by atoms with E-state index in [1.807, 2.05) is 85.8 Å². The summed E-state index contributed by atoms with van der Waals surface area (Å²) in [5.74, 6) is 4.94. The number of carboxylic acid groups (broad SMARTS) is 1. The van der Waals surface area contributed by atoms with Crippen LogP contribution in [-0.2, 0) is 4.79 Å². The van der Waals surface area contributed by atoms with E-state index in [-0.39, 0.29) is 5.57 Å². The number of para-hydroxylation sites is 1. The first-order valence-electron chi connectivity index (χ1n) is 9.65. The van der Waals surface area contributed by atoms with Crippen LogP contribution < -0.4 is 10.9 Å². The Morgan fingerprint density at radius 3 is 2.13 bits per heavy atom. The number of carbonyl (C=O) groups is 1. The summed E-state index contributed by atoms with van der Waals surface area (Å²) in [5.41, 5.74) is 4.32. The average molecular weight is 412 g/mol. The first kappa shape index (κ1) is 23.1. The van der Waals surface area contributed by atoms with Gasteiger partial charge in [-0.3, -0.25) is 5.01 Å². The first-order chi connectivity index (χ1) is 14.9. The zero-order valence-corrected chi connectivity index (χ0v) is 17.6. The van der Waals surface area contributed by atoms with Gasteiger partial charge in [0.05, 0.1) is 11.4 Å². The summed E-state index contributed by atoms with van der Waals surface area (Å²) in [6.45, 7) is 3.73. The topological polar surface area (TPSA) is 90.4 Å². The zero-order valence-electron chi connectivity index (χ0n) is 17.6. The maximum absolute atomic E-state index is 10.8. The van der Waals surface area contributed by atoms with Crippen LogP contribution in [0.3, 0.4) is 0 Å². The second-order valence-corrected chi connectivity index (χ2v) is 6.81. The third-order valence-electron chi connectivity index (χ3n) is 4.30. The summed E-state index contributed by atoms with van der Waals surface area (Å²) in [6, 6.07) is 19.4. The van der Waals surface area contributed by atoms with E-state index >= 15 is 0 Å². The zero-order chi connectivity index (χ0) is 22.6. The van der Waals surface area contributed by atoms with Crippen LogP contribution in [0.4, 0.5) is 11.4 Å². The predicted octanol–water partition coefficient (Wildman–Crippen LogP) is 5.69. The molecule has 0 radical (unpaired) electrons. The van der Waals surface area contributed by atoms with Gasteiger partial charge in [0, 0.05) is 0 Å². The Bertz CT molecular complexity index is 1080. The first-order valence-corrected chi connectivity index (χ1v) is 9.65. The van der Waals surface area contributed by atoms with Crippen molar-refractivity contribution in [1.29, 1.82) is 5.26 Å². The van der Waals surface area contributed by atoms with Crippen molar-refractivity contribution in [3.05, 3.63) is 113 Å². The molecular weight excluding hydrogens is 386 g/mol. The van der Waals surface area contributed by atoms with Gasteiger partial charge in [0.2, 0.25) is 0 Å². The third kappa shape index (κ3) is 7.65. The summed E-state index contributed by atoms with van der Waals surface area (Å²) in [5, 5.41) is 19.3. The van der Waals surface area contributed by atoms with E-state index < -0.39 is 5.97 Å². The van der Waals surface area contributed by atoms with Crippen LogP contribution in [0.5, 0.6) is 0 Å². The molecule has 0 unspecified atom stereocenters. The van der Waals surface area contributed by atoms with Gasteiger partial charge < -0.3 is 5.11 Å². The van der Waals surface area contributed by atoms with Crippen molar-refractivity contribution in [1.82, 2.24) is 0 Å². The molecule has 0 amide bonds. The van der Waals surface area contributed by atoms with E-state index in [4.69, 9.17) is 16.2 Å². The number of rotatable bonds is 8. The third-order valence-corrected chi connectivity index (χ3v) is 4.30. The Balaban J connectivity index is 1.98. The maximum Gasteiger partial charge on any atom is 0.346 e. The fourth-order valence-corrected chi connectivity index (χ4v) is 2.60. The molecule has 0 aliphatic heterocycles. The molecule has 0 bridgehead atoms. The Hall–Kier alpha value is -4.14.